The monoisotopic (exact) mass is 286 g/mol. The normalized spacial score (nSPS) is 23.2. The highest BCUT2D eigenvalue weighted by Crippen LogP contribution is 2.29. The molecular formula is C13H22N2O5. The molecular weight excluding hydrogens is 264 g/mol. The maximum absolute atomic E-state index is 12.3. The highest BCUT2D eigenvalue weighted by molar-refractivity contribution is 5.87. The first-order chi connectivity index (χ1) is 9.41. The predicted octanol–water partition coefficient (Wildman–Crippen LogP) is 0.200. The SMILES string of the molecule is CCC1(C(=O)N[C@H](CCCC(=O)O)C(=O)O)CCNC1. The van der Waals surface area contributed by atoms with Crippen LogP contribution in [0, 0.1) is 5.41 Å². The fraction of sp³-hybridized carbons (Fsp3) is 0.769. The molecule has 20 heavy (non-hydrogen) atoms. The molecule has 0 spiro atoms. The van der Waals surface area contributed by atoms with Gasteiger partial charge in [0.2, 0.25) is 5.91 Å². The third-order valence-electron chi connectivity index (χ3n) is 3.89. The van der Waals surface area contributed by atoms with Gasteiger partial charge < -0.3 is 20.8 Å². The zero-order valence-electron chi connectivity index (χ0n) is 11.6. The van der Waals surface area contributed by atoms with Crippen LogP contribution in [0.15, 0.2) is 0 Å². The number of aliphatic carboxylic acids is 2. The Morgan fingerprint density at radius 2 is 2.05 bits per heavy atom. The quantitative estimate of drug-likeness (QED) is 0.506. The Kier molecular flexibility index (Phi) is 5.94. The molecule has 1 rings (SSSR count). The topological polar surface area (TPSA) is 116 Å². The Morgan fingerprint density at radius 1 is 1.35 bits per heavy atom. The Balaban J connectivity index is 2.58. The van der Waals surface area contributed by atoms with Crippen molar-refractivity contribution >= 4 is 17.8 Å². The summed E-state index contributed by atoms with van der Waals surface area (Å²) in [5.74, 6) is -2.35. The largest absolute Gasteiger partial charge is 0.481 e. The van der Waals surface area contributed by atoms with E-state index in [0.29, 0.717) is 19.4 Å². The second kappa shape index (κ2) is 7.23. The molecule has 114 valence electrons. The summed E-state index contributed by atoms with van der Waals surface area (Å²) in [4.78, 5) is 33.9. The van der Waals surface area contributed by atoms with Crippen LogP contribution in [0.1, 0.15) is 39.0 Å². The molecule has 0 saturated carbocycles. The van der Waals surface area contributed by atoms with Gasteiger partial charge in [0.15, 0.2) is 0 Å². The Morgan fingerprint density at radius 3 is 2.50 bits per heavy atom. The van der Waals surface area contributed by atoms with Crippen LogP contribution in [0.3, 0.4) is 0 Å². The molecule has 0 radical (unpaired) electrons. The van der Waals surface area contributed by atoms with E-state index in [4.69, 9.17) is 10.2 Å². The van der Waals surface area contributed by atoms with Gasteiger partial charge in [0, 0.05) is 13.0 Å². The molecule has 1 amide bonds. The van der Waals surface area contributed by atoms with Gasteiger partial charge in [-0.1, -0.05) is 6.92 Å². The minimum absolute atomic E-state index is 0.0971. The van der Waals surface area contributed by atoms with Crippen LogP contribution >= 0.6 is 0 Å². The molecule has 0 aromatic rings. The standard InChI is InChI=1S/C13H22N2O5/c1-2-13(6-7-14-8-13)12(20)15-9(11(18)19)4-3-5-10(16)17/h9,14H,2-8H2,1H3,(H,15,20)(H,16,17)(H,18,19)/t9-,13?/m1/s1. The minimum atomic E-state index is -1.12. The van der Waals surface area contributed by atoms with Gasteiger partial charge in [0.05, 0.1) is 5.41 Å². The highest BCUT2D eigenvalue weighted by atomic mass is 16.4. The number of carboxylic acids is 2. The molecule has 0 aromatic heterocycles. The highest BCUT2D eigenvalue weighted by Gasteiger charge is 2.40. The van der Waals surface area contributed by atoms with E-state index < -0.39 is 23.4 Å². The molecule has 0 bridgehead atoms. The first-order valence-corrected chi connectivity index (χ1v) is 6.87. The molecule has 2 atom stereocenters. The van der Waals surface area contributed by atoms with Crippen molar-refractivity contribution in [1.29, 1.82) is 0 Å². The van der Waals surface area contributed by atoms with Crippen molar-refractivity contribution in [1.82, 2.24) is 10.6 Å². The summed E-state index contributed by atoms with van der Waals surface area (Å²) < 4.78 is 0. The second-order valence-electron chi connectivity index (χ2n) is 5.21. The van der Waals surface area contributed by atoms with E-state index >= 15 is 0 Å². The summed E-state index contributed by atoms with van der Waals surface area (Å²) in [5.41, 5.74) is -0.541. The number of carbonyl (C=O) groups excluding carboxylic acids is 1. The summed E-state index contributed by atoms with van der Waals surface area (Å²) in [5, 5.41) is 23.3. The number of nitrogens with one attached hydrogen (secondary N) is 2. The molecule has 7 nitrogen and oxygen atoms in total. The van der Waals surface area contributed by atoms with Crippen LogP contribution < -0.4 is 10.6 Å². The van der Waals surface area contributed by atoms with E-state index in [1.54, 1.807) is 0 Å². The van der Waals surface area contributed by atoms with Crippen molar-refractivity contribution in [2.45, 2.75) is 45.1 Å². The number of hydrogen-bond donors (Lipinski definition) is 4. The molecule has 1 saturated heterocycles. The summed E-state index contributed by atoms with van der Waals surface area (Å²) in [6.07, 6.45) is 1.59. The molecule has 1 fully saturated rings. The smallest absolute Gasteiger partial charge is 0.326 e. The molecule has 4 N–H and O–H groups in total. The molecule has 7 heteroatoms. The van der Waals surface area contributed by atoms with E-state index in [1.165, 1.54) is 0 Å². The number of amides is 1. The van der Waals surface area contributed by atoms with E-state index in [9.17, 15) is 14.4 Å². The van der Waals surface area contributed by atoms with Crippen LogP contribution in [0.4, 0.5) is 0 Å². The lowest BCUT2D eigenvalue weighted by Gasteiger charge is -2.27. The van der Waals surface area contributed by atoms with Gasteiger partial charge in [-0.3, -0.25) is 9.59 Å². The summed E-state index contributed by atoms with van der Waals surface area (Å²) in [6, 6.07) is -1.02. The maximum Gasteiger partial charge on any atom is 0.326 e. The predicted molar refractivity (Wildman–Crippen MR) is 71.3 cm³/mol. The van der Waals surface area contributed by atoms with Crippen molar-refractivity contribution in [2.75, 3.05) is 13.1 Å². The number of hydrogen-bond acceptors (Lipinski definition) is 4. The van der Waals surface area contributed by atoms with Crippen molar-refractivity contribution in [3.8, 4) is 0 Å². The van der Waals surface area contributed by atoms with Crippen LogP contribution in [-0.2, 0) is 14.4 Å². The van der Waals surface area contributed by atoms with Gasteiger partial charge in [0.25, 0.3) is 0 Å². The molecule has 1 heterocycles. The molecule has 1 aliphatic rings. The van der Waals surface area contributed by atoms with Gasteiger partial charge in [-0.2, -0.15) is 0 Å². The zero-order chi connectivity index (χ0) is 15.2. The van der Waals surface area contributed by atoms with Crippen LogP contribution in [0.2, 0.25) is 0 Å². The summed E-state index contributed by atoms with van der Waals surface area (Å²) in [6.45, 7) is 3.21. The fourth-order valence-corrected chi connectivity index (χ4v) is 2.43. The third kappa shape index (κ3) is 4.19. The number of carboxylic acid groups (broad SMARTS) is 2. The molecule has 1 aliphatic heterocycles. The molecule has 1 unspecified atom stereocenters. The van der Waals surface area contributed by atoms with Crippen molar-refractivity contribution in [3.05, 3.63) is 0 Å². The first-order valence-electron chi connectivity index (χ1n) is 6.87. The van der Waals surface area contributed by atoms with Gasteiger partial charge >= 0.3 is 11.9 Å². The van der Waals surface area contributed by atoms with Gasteiger partial charge in [-0.15, -0.1) is 0 Å². The van der Waals surface area contributed by atoms with Crippen molar-refractivity contribution in [3.63, 3.8) is 0 Å². The van der Waals surface area contributed by atoms with E-state index in [1.807, 2.05) is 6.92 Å². The van der Waals surface area contributed by atoms with Crippen molar-refractivity contribution in [2.24, 2.45) is 5.41 Å². The lowest BCUT2D eigenvalue weighted by atomic mass is 9.83. The van der Waals surface area contributed by atoms with Crippen LogP contribution in [-0.4, -0.2) is 47.2 Å². The van der Waals surface area contributed by atoms with Gasteiger partial charge in [-0.25, -0.2) is 4.79 Å². The number of carbonyl (C=O) groups is 3. The Hall–Kier alpha value is -1.63. The third-order valence-corrected chi connectivity index (χ3v) is 3.89. The zero-order valence-corrected chi connectivity index (χ0v) is 11.6. The fourth-order valence-electron chi connectivity index (χ4n) is 2.43. The van der Waals surface area contributed by atoms with Crippen LogP contribution in [0.25, 0.3) is 0 Å². The maximum atomic E-state index is 12.3. The van der Waals surface area contributed by atoms with E-state index in [2.05, 4.69) is 10.6 Å². The lowest BCUT2D eigenvalue weighted by Crippen LogP contribution is -2.49. The van der Waals surface area contributed by atoms with Gasteiger partial charge in [-0.05, 0) is 32.2 Å². The van der Waals surface area contributed by atoms with Gasteiger partial charge in [0.1, 0.15) is 6.04 Å². The van der Waals surface area contributed by atoms with Crippen molar-refractivity contribution < 1.29 is 24.6 Å². The first kappa shape index (κ1) is 16.4. The average molecular weight is 286 g/mol. The second-order valence-corrected chi connectivity index (χ2v) is 5.21. The average Bonchev–Trinajstić information content (AvgIpc) is 2.86. The molecule has 0 aliphatic carbocycles. The molecule has 0 aromatic carbocycles. The van der Waals surface area contributed by atoms with E-state index in [-0.39, 0.29) is 25.2 Å². The Bertz CT molecular complexity index is 377. The minimum Gasteiger partial charge on any atom is -0.481 e. The van der Waals surface area contributed by atoms with Crippen LogP contribution in [0.5, 0.6) is 0 Å². The summed E-state index contributed by atoms with van der Waals surface area (Å²) in [7, 11) is 0. The summed E-state index contributed by atoms with van der Waals surface area (Å²) >= 11 is 0. The lowest BCUT2D eigenvalue weighted by molar-refractivity contribution is -0.144. The van der Waals surface area contributed by atoms with E-state index in [0.717, 1.165) is 6.54 Å². The number of rotatable bonds is 8. The Labute approximate surface area is 117 Å².